The van der Waals surface area contributed by atoms with Gasteiger partial charge in [-0.05, 0) is 30.8 Å². The number of terminal acetylenes is 1. The Labute approximate surface area is 124 Å². The topological polar surface area (TPSA) is 26.3 Å². The van der Waals surface area contributed by atoms with Crippen molar-refractivity contribution in [2.45, 2.75) is 53.4 Å². The van der Waals surface area contributed by atoms with Gasteiger partial charge in [-0.25, -0.2) is 4.79 Å². The molecule has 0 fully saturated rings. The second-order valence-corrected chi connectivity index (χ2v) is 5.77. The number of carbonyl (C=O) groups is 1. The van der Waals surface area contributed by atoms with Crippen LogP contribution in [0.3, 0.4) is 0 Å². The van der Waals surface area contributed by atoms with Gasteiger partial charge in [0, 0.05) is 6.08 Å². The molecule has 0 radical (unpaired) electrons. The minimum absolute atomic E-state index is 0.0270. The lowest BCUT2D eigenvalue weighted by Crippen LogP contribution is -2.01. The second-order valence-electron chi connectivity index (χ2n) is 5.77. The van der Waals surface area contributed by atoms with E-state index in [0.717, 1.165) is 17.9 Å². The second kappa shape index (κ2) is 11.3. The summed E-state index contributed by atoms with van der Waals surface area (Å²) in [4.78, 5) is 11.3. The highest BCUT2D eigenvalue weighted by Crippen LogP contribution is 2.15. The molecule has 1 atom stereocenters. The van der Waals surface area contributed by atoms with E-state index in [4.69, 9.17) is 11.2 Å². The molecule has 0 aromatic heterocycles. The summed E-state index contributed by atoms with van der Waals surface area (Å²) in [7, 11) is 0. The molecule has 1 unspecified atom stereocenters. The summed E-state index contributed by atoms with van der Waals surface area (Å²) >= 11 is 0. The van der Waals surface area contributed by atoms with Crippen molar-refractivity contribution >= 4 is 5.97 Å². The first-order chi connectivity index (χ1) is 9.45. The normalized spacial score (nSPS) is 13.5. The zero-order valence-electron chi connectivity index (χ0n) is 13.3. The fraction of sp³-hybridized carbons (Fsp3) is 0.611. The van der Waals surface area contributed by atoms with E-state index in [0.29, 0.717) is 5.92 Å². The van der Waals surface area contributed by atoms with Crippen LogP contribution in [0.4, 0.5) is 0 Å². The van der Waals surface area contributed by atoms with Crippen LogP contribution in [-0.2, 0) is 9.53 Å². The van der Waals surface area contributed by atoms with E-state index >= 15 is 0 Å². The fourth-order valence-electron chi connectivity index (χ4n) is 1.87. The lowest BCUT2D eigenvalue weighted by Gasteiger charge is -2.09. The standard InChI is InChI=1S/C18H28O2/c1-6-13-20-18(19)14-17(5)12-8-11-16(4)10-7-9-15(2)3/h1,8,12,14-16H,7,9-11,13H2,2-5H3. The van der Waals surface area contributed by atoms with Gasteiger partial charge in [0.25, 0.3) is 0 Å². The molecule has 2 heteroatoms. The molecule has 0 aliphatic rings. The van der Waals surface area contributed by atoms with Gasteiger partial charge in [-0.15, -0.1) is 6.42 Å². The van der Waals surface area contributed by atoms with Crippen molar-refractivity contribution in [3.05, 3.63) is 23.8 Å². The molecule has 0 saturated heterocycles. The van der Waals surface area contributed by atoms with Gasteiger partial charge < -0.3 is 4.74 Å². The average molecular weight is 276 g/mol. The molecule has 2 nitrogen and oxygen atoms in total. The van der Waals surface area contributed by atoms with Crippen LogP contribution in [0.25, 0.3) is 0 Å². The van der Waals surface area contributed by atoms with Crippen LogP contribution in [0.2, 0.25) is 0 Å². The smallest absolute Gasteiger partial charge is 0.331 e. The van der Waals surface area contributed by atoms with Gasteiger partial charge in [0.2, 0.25) is 0 Å². The first-order valence-electron chi connectivity index (χ1n) is 7.40. The highest BCUT2D eigenvalue weighted by atomic mass is 16.5. The molecule has 0 bridgehead atoms. The highest BCUT2D eigenvalue weighted by Gasteiger charge is 2.01. The van der Waals surface area contributed by atoms with Crippen molar-refractivity contribution in [2.24, 2.45) is 11.8 Å². The Bertz CT molecular complexity index is 369. The minimum Gasteiger partial charge on any atom is -0.449 e. The molecule has 0 amide bonds. The zero-order chi connectivity index (χ0) is 15.4. The molecule has 0 saturated carbocycles. The van der Waals surface area contributed by atoms with Crippen molar-refractivity contribution in [3.8, 4) is 12.3 Å². The molecule has 0 rings (SSSR count). The van der Waals surface area contributed by atoms with Gasteiger partial charge in [-0.3, -0.25) is 0 Å². The molecule has 0 spiro atoms. The van der Waals surface area contributed by atoms with Crippen LogP contribution in [0, 0.1) is 24.2 Å². The summed E-state index contributed by atoms with van der Waals surface area (Å²) in [5.41, 5.74) is 0.890. The molecule has 0 aliphatic carbocycles. The predicted octanol–water partition coefficient (Wildman–Crippen LogP) is 4.52. The number of ether oxygens (including phenoxy) is 1. The Morgan fingerprint density at radius 3 is 2.60 bits per heavy atom. The quantitative estimate of drug-likeness (QED) is 0.268. The first-order valence-corrected chi connectivity index (χ1v) is 7.40. The number of carbonyl (C=O) groups excluding carboxylic acids is 1. The summed E-state index contributed by atoms with van der Waals surface area (Å²) in [5.74, 6) is 3.36. The lowest BCUT2D eigenvalue weighted by atomic mass is 9.97. The summed E-state index contributed by atoms with van der Waals surface area (Å²) in [5, 5.41) is 0. The molecule has 112 valence electrons. The van der Waals surface area contributed by atoms with Crippen molar-refractivity contribution < 1.29 is 9.53 Å². The van der Waals surface area contributed by atoms with E-state index in [-0.39, 0.29) is 12.6 Å². The van der Waals surface area contributed by atoms with Crippen molar-refractivity contribution in [1.29, 1.82) is 0 Å². The molecule has 0 aromatic rings. The first kappa shape index (κ1) is 18.5. The summed E-state index contributed by atoms with van der Waals surface area (Å²) < 4.78 is 4.78. The maximum absolute atomic E-state index is 11.3. The Morgan fingerprint density at radius 1 is 1.30 bits per heavy atom. The van der Waals surface area contributed by atoms with E-state index in [1.54, 1.807) is 0 Å². The van der Waals surface area contributed by atoms with Crippen molar-refractivity contribution in [2.75, 3.05) is 6.61 Å². The summed E-state index contributed by atoms with van der Waals surface area (Å²) in [6.07, 6.45) is 15.5. The third kappa shape index (κ3) is 11.6. The Hall–Kier alpha value is -1.49. The van der Waals surface area contributed by atoms with E-state index in [9.17, 15) is 4.79 Å². The third-order valence-corrected chi connectivity index (χ3v) is 3.04. The number of hydrogen-bond donors (Lipinski definition) is 0. The molecular formula is C18H28O2. The van der Waals surface area contributed by atoms with Crippen LogP contribution in [-0.4, -0.2) is 12.6 Å². The summed E-state index contributed by atoms with van der Waals surface area (Å²) in [6, 6.07) is 0. The predicted molar refractivity (Wildman–Crippen MR) is 85.2 cm³/mol. The number of esters is 1. The number of hydrogen-bond acceptors (Lipinski definition) is 2. The van der Waals surface area contributed by atoms with Gasteiger partial charge in [0.05, 0.1) is 0 Å². The van der Waals surface area contributed by atoms with E-state index < -0.39 is 0 Å². The third-order valence-electron chi connectivity index (χ3n) is 3.04. The van der Waals surface area contributed by atoms with Gasteiger partial charge in [-0.2, -0.15) is 0 Å². The SMILES string of the molecule is C#CCOC(=O)C=C(C)C=CCC(C)CCCC(C)C. The van der Waals surface area contributed by atoms with Gasteiger partial charge in [-0.1, -0.05) is 58.1 Å². The maximum Gasteiger partial charge on any atom is 0.331 e. The van der Waals surface area contributed by atoms with E-state index in [2.05, 4.69) is 32.8 Å². The average Bonchev–Trinajstić information content (AvgIpc) is 2.35. The molecule has 20 heavy (non-hydrogen) atoms. The van der Waals surface area contributed by atoms with Crippen LogP contribution >= 0.6 is 0 Å². The Kier molecular flexibility index (Phi) is 10.5. The number of rotatable bonds is 9. The lowest BCUT2D eigenvalue weighted by molar-refractivity contribution is -0.136. The monoisotopic (exact) mass is 276 g/mol. The minimum atomic E-state index is -0.380. The van der Waals surface area contributed by atoms with Crippen LogP contribution in [0.1, 0.15) is 53.4 Å². The fourth-order valence-corrected chi connectivity index (χ4v) is 1.87. The van der Waals surface area contributed by atoms with Crippen LogP contribution < -0.4 is 0 Å². The number of allylic oxidation sites excluding steroid dienone is 3. The van der Waals surface area contributed by atoms with E-state index in [1.807, 2.05) is 13.0 Å². The van der Waals surface area contributed by atoms with Crippen molar-refractivity contribution in [1.82, 2.24) is 0 Å². The molecule has 0 N–H and O–H groups in total. The van der Waals surface area contributed by atoms with Crippen LogP contribution in [0.5, 0.6) is 0 Å². The molecule has 0 heterocycles. The molecule has 0 aromatic carbocycles. The zero-order valence-corrected chi connectivity index (χ0v) is 13.3. The largest absolute Gasteiger partial charge is 0.449 e. The molecular weight excluding hydrogens is 248 g/mol. The summed E-state index contributed by atoms with van der Waals surface area (Å²) in [6.45, 7) is 8.71. The Morgan fingerprint density at radius 2 is 2.00 bits per heavy atom. The van der Waals surface area contributed by atoms with Gasteiger partial charge in [0.15, 0.2) is 6.61 Å². The molecule has 0 aliphatic heterocycles. The van der Waals surface area contributed by atoms with Crippen LogP contribution in [0.15, 0.2) is 23.8 Å². The van der Waals surface area contributed by atoms with E-state index in [1.165, 1.54) is 25.3 Å². The van der Waals surface area contributed by atoms with Crippen molar-refractivity contribution in [3.63, 3.8) is 0 Å². The van der Waals surface area contributed by atoms with Gasteiger partial charge >= 0.3 is 5.97 Å². The highest BCUT2D eigenvalue weighted by molar-refractivity contribution is 5.83. The maximum atomic E-state index is 11.3. The van der Waals surface area contributed by atoms with Gasteiger partial charge in [0.1, 0.15) is 0 Å². The Balaban J connectivity index is 3.95.